The van der Waals surface area contributed by atoms with Crippen LogP contribution in [-0.4, -0.2) is 113 Å². The highest BCUT2D eigenvalue weighted by Gasteiger charge is 2.43. The fraction of sp³-hybridized carbons (Fsp3) is 0.465. The van der Waals surface area contributed by atoms with Gasteiger partial charge in [0.05, 0.1) is 36.9 Å². The number of hydrogen-bond acceptors (Lipinski definition) is 10. The van der Waals surface area contributed by atoms with Gasteiger partial charge in [-0.2, -0.15) is 11.8 Å². The first-order valence-corrected chi connectivity index (χ1v) is 21.5. The van der Waals surface area contributed by atoms with Gasteiger partial charge in [0, 0.05) is 66.4 Å². The highest BCUT2D eigenvalue weighted by Crippen LogP contribution is 2.35. The molecule has 0 saturated carbocycles. The van der Waals surface area contributed by atoms with Crippen LogP contribution < -0.4 is 41.8 Å². The lowest BCUT2D eigenvalue weighted by atomic mass is 10.0. The van der Waals surface area contributed by atoms with Gasteiger partial charge in [0.1, 0.15) is 29.7 Å². The van der Waals surface area contributed by atoms with Gasteiger partial charge in [0.25, 0.3) is 0 Å². The standard InChI is InChI=1S/C43H54N8O8S/c1-3-37(52)46-23-32(48-39(54)16-8-5-11-19-45-38(53)15-10-9-14-36-40-33(25-60-36)49-43(57)50-40)42(56)51-24-28(21-34(51)41(44)55)59-35-22-30(26-12-6-4-7-13-26)47-31-20-27(58-2)17-18-29(31)35/h3-4,6-7,12-13,17-18,20,22,28,32-34,36,40H,1,5,8-11,14-16,19,21,23-25H2,2H3,(H2,44,55)(H,45,53)(H,46,52)(H,48,54)(H2,49,50,57)/t28-,32+,33+,34+,36+,40+/m1/s1. The minimum absolute atomic E-state index is 0.00158. The smallest absolute Gasteiger partial charge is 0.315 e. The maximum atomic E-state index is 14.1. The van der Waals surface area contributed by atoms with Crippen LogP contribution in [0.2, 0.25) is 0 Å². The van der Waals surface area contributed by atoms with Crippen molar-refractivity contribution in [2.75, 3.05) is 32.5 Å². The van der Waals surface area contributed by atoms with E-state index in [-0.39, 0.29) is 50.0 Å². The lowest BCUT2D eigenvalue weighted by Crippen LogP contribution is -2.56. The molecule has 2 aromatic carbocycles. The summed E-state index contributed by atoms with van der Waals surface area (Å²) in [7, 11) is 1.57. The van der Waals surface area contributed by atoms with Crippen LogP contribution in [0.5, 0.6) is 11.5 Å². The van der Waals surface area contributed by atoms with E-state index in [9.17, 15) is 28.8 Å². The molecule has 3 fully saturated rings. The van der Waals surface area contributed by atoms with Crippen LogP contribution >= 0.6 is 11.8 Å². The topological polar surface area (TPSA) is 223 Å². The van der Waals surface area contributed by atoms with E-state index in [1.165, 1.54) is 4.90 Å². The van der Waals surface area contributed by atoms with Crippen molar-refractivity contribution in [2.24, 2.45) is 5.73 Å². The van der Waals surface area contributed by atoms with E-state index in [0.717, 1.165) is 36.7 Å². The van der Waals surface area contributed by atoms with Crippen LogP contribution in [0.3, 0.4) is 0 Å². The number of benzene rings is 2. The number of nitrogens with one attached hydrogen (secondary N) is 5. The maximum Gasteiger partial charge on any atom is 0.315 e. The average molecular weight is 843 g/mol. The van der Waals surface area contributed by atoms with Crippen molar-refractivity contribution in [3.05, 3.63) is 67.3 Å². The molecule has 0 bridgehead atoms. The Morgan fingerprint density at radius 2 is 1.78 bits per heavy atom. The first kappa shape index (κ1) is 43.7. The number of ether oxygens (including phenoxy) is 2. The number of thioether (sulfide) groups is 1. The SMILES string of the molecule is C=CC(=O)NC[C@H](NC(=O)CCCCCNC(=O)CCCC[C@@H]1SC[C@@H]2NC(=O)N[C@@H]21)C(=O)N1C[C@H](Oc2cc(-c3ccccc3)nc3cc(OC)ccc23)C[C@H]1C(N)=O. The van der Waals surface area contributed by atoms with Gasteiger partial charge < -0.3 is 46.7 Å². The highest BCUT2D eigenvalue weighted by atomic mass is 32.2. The van der Waals surface area contributed by atoms with Crippen molar-refractivity contribution in [2.45, 2.75) is 93.3 Å². The number of amides is 7. The predicted molar refractivity (Wildman–Crippen MR) is 228 cm³/mol. The number of urea groups is 1. The van der Waals surface area contributed by atoms with Crippen LogP contribution in [0.4, 0.5) is 4.79 Å². The van der Waals surface area contributed by atoms with Gasteiger partial charge in [-0.15, -0.1) is 0 Å². The molecule has 6 atom stereocenters. The summed E-state index contributed by atoms with van der Waals surface area (Å²) in [5, 5.41) is 15.3. The van der Waals surface area contributed by atoms with Crippen LogP contribution in [-0.2, 0) is 24.0 Å². The van der Waals surface area contributed by atoms with Crippen molar-refractivity contribution in [1.29, 1.82) is 0 Å². The zero-order chi connectivity index (χ0) is 42.6. The third-order valence-electron chi connectivity index (χ3n) is 11.0. The number of carbonyl (C=O) groups is 6. The van der Waals surface area contributed by atoms with Crippen molar-refractivity contribution < 1.29 is 38.2 Å². The van der Waals surface area contributed by atoms with Crippen LogP contribution in [0.1, 0.15) is 57.8 Å². The molecule has 3 saturated heterocycles. The molecule has 3 aliphatic heterocycles. The Bertz CT molecular complexity index is 2050. The van der Waals surface area contributed by atoms with Gasteiger partial charge in [0.2, 0.25) is 29.5 Å². The molecular formula is C43H54N8O8S. The van der Waals surface area contributed by atoms with E-state index in [1.807, 2.05) is 54.2 Å². The zero-order valence-corrected chi connectivity index (χ0v) is 34.6. The summed E-state index contributed by atoms with van der Waals surface area (Å²) in [5.41, 5.74) is 7.98. The Labute approximate surface area is 353 Å². The van der Waals surface area contributed by atoms with Crippen LogP contribution in [0.25, 0.3) is 22.2 Å². The third-order valence-corrected chi connectivity index (χ3v) is 12.5. The summed E-state index contributed by atoms with van der Waals surface area (Å²) in [5.74, 6) is -0.235. The molecule has 16 nitrogen and oxygen atoms in total. The van der Waals surface area contributed by atoms with Crippen molar-refractivity contribution in [3.63, 3.8) is 0 Å². The third kappa shape index (κ3) is 11.5. The molecule has 4 heterocycles. The number of rotatable bonds is 21. The van der Waals surface area contributed by atoms with Gasteiger partial charge in [-0.25, -0.2) is 9.78 Å². The molecule has 320 valence electrons. The summed E-state index contributed by atoms with van der Waals surface area (Å²) in [6, 6.07) is 14.9. The van der Waals surface area contributed by atoms with Crippen LogP contribution in [0.15, 0.2) is 67.3 Å². The largest absolute Gasteiger partial charge is 0.497 e. The molecule has 17 heteroatoms. The lowest BCUT2D eigenvalue weighted by molar-refractivity contribution is -0.140. The monoisotopic (exact) mass is 842 g/mol. The fourth-order valence-corrected chi connectivity index (χ4v) is 9.40. The fourth-order valence-electron chi connectivity index (χ4n) is 7.85. The van der Waals surface area contributed by atoms with Gasteiger partial charge in [-0.1, -0.05) is 49.8 Å². The van der Waals surface area contributed by atoms with Crippen molar-refractivity contribution in [3.8, 4) is 22.8 Å². The van der Waals surface area contributed by atoms with Crippen molar-refractivity contribution in [1.82, 2.24) is 36.5 Å². The molecule has 0 radical (unpaired) electrons. The molecular weight excluding hydrogens is 789 g/mol. The second kappa shape index (κ2) is 20.9. The number of pyridine rings is 1. The van der Waals surface area contributed by atoms with Crippen molar-refractivity contribution >= 4 is 58.2 Å². The number of carbonyl (C=O) groups excluding carboxylic acids is 6. The molecule has 0 unspecified atom stereocenters. The number of aromatic nitrogens is 1. The van der Waals surface area contributed by atoms with E-state index < -0.39 is 41.8 Å². The summed E-state index contributed by atoms with van der Waals surface area (Å²) in [4.78, 5) is 82.2. The average Bonchev–Trinajstić information content (AvgIpc) is 3.96. The van der Waals surface area contributed by atoms with E-state index in [4.69, 9.17) is 20.2 Å². The maximum absolute atomic E-state index is 14.1. The number of methoxy groups -OCH3 is 1. The Balaban J connectivity index is 0.990. The summed E-state index contributed by atoms with van der Waals surface area (Å²) in [6.45, 7) is 3.71. The summed E-state index contributed by atoms with van der Waals surface area (Å²) >= 11 is 1.86. The number of unbranched alkanes of at least 4 members (excludes halogenated alkanes) is 3. The number of likely N-dealkylation sites (tertiary alicyclic amines) is 1. The number of primary amides is 1. The quantitative estimate of drug-likeness (QED) is 0.0523. The highest BCUT2D eigenvalue weighted by molar-refractivity contribution is 8.00. The Morgan fingerprint density at radius 3 is 2.55 bits per heavy atom. The van der Waals surface area contributed by atoms with E-state index in [2.05, 4.69) is 33.2 Å². The Morgan fingerprint density at radius 1 is 1.00 bits per heavy atom. The normalized spacial score (nSPS) is 21.0. The zero-order valence-electron chi connectivity index (χ0n) is 33.8. The number of fused-ring (bicyclic) bond motifs is 2. The summed E-state index contributed by atoms with van der Waals surface area (Å²) in [6.07, 6.45) is 5.55. The molecule has 7 amide bonds. The van der Waals surface area contributed by atoms with E-state index in [1.54, 1.807) is 19.2 Å². The summed E-state index contributed by atoms with van der Waals surface area (Å²) < 4.78 is 12.0. The lowest BCUT2D eigenvalue weighted by Gasteiger charge is -2.27. The molecule has 1 aromatic heterocycles. The number of hydrogen-bond donors (Lipinski definition) is 6. The second-order valence-electron chi connectivity index (χ2n) is 15.2. The minimum atomic E-state index is -1.19. The first-order chi connectivity index (χ1) is 29.0. The molecule has 60 heavy (non-hydrogen) atoms. The van der Waals surface area contributed by atoms with E-state index >= 15 is 0 Å². The Hall–Kier alpha value is -5.84. The van der Waals surface area contributed by atoms with Gasteiger partial charge in [0.15, 0.2) is 0 Å². The number of nitrogens with zero attached hydrogens (tertiary/aromatic N) is 2. The van der Waals surface area contributed by atoms with Gasteiger partial charge in [-0.3, -0.25) is 24.0 Å². The minimum Gasteiger partial charge on any atom is -0.497 e. The molecule has 7 N–H and O–H groups in total. The molecule has 6 rings (SSSR count). The Kier molecular flexibility index (Phi) is 15.2. The predicted octanol–water partition coefficient (Wildman–Crippen LogP) is 2.93. The van der Waals surface area contributed by atoms with Gasteiger partial charge in [-0.05, 0) is 43.9 Å². The van der Waals surface area contributed by atoms with Gasteiger partial charge >= 0.3 is 6.03 Å². The van der Waals surface area contributed by atoms with E-state index in [0.29, 0.717) is 65.6 Å². The second-order valence-corrected chi connectivity index (χ2v) is 16.5. The molecule has 3 aromatic rings. The first-order valence-electron chi connectivity index (χ1n) is 20.5. The molecule has 3 aliphatic rings. The van der Waals surface area contributed by atoms with Crippen LogP contribution in [0, 0.1) is 0 Å². The molecule has 0 spiro atoms. The number of nitrogens with two attached hydrogens (primary N) is 1. The molecule has 0 aliphatic carbocycles.